The van der Waals surface area contributed by atoms with E-state index in [9.17, 15) is 10.1 Å². The van der Waals surface area contributed by atoms with Crippen molar-refractivity contribution in [3.8, 4) is 0 Å². The van der Waals surface area contributed by atoms with Crippen LogP contribution in [0.4, 0.5) is 0 Å². The van der Waals surface area contributed by atoms with Gasteiger partial charge in [-0.15, -0.1) is 0 Å². The van der Waals surface area contributed by atoms with Gasteiger partial charge in [-0.3, -0.25) is 15.1 Å². The number of ether oxygens (including phenoxy) is 1. The smallest absolute Gasteiger partial charge is 0.265 e. The Hall–Kier alpha value is -2.76. The molecule has 6 nitrogen and oxygen atoms in total. The van der Waals surface area contributed by atoms with Crippen LogP contribution in [-0.4, -0.2) is 23.1 Å². The third kappa shape index (κ3) is 3.62. The molecule has 0 saturated heterocycles. The van der Waals surface area contributed by atoms with E-state index < -0.39 is 4.92 Å². The summed E-state index contributed by atoms with van der Waals surface area (Å²) in [6.07, 6.45) is 11.5. The van der Waals surface area contributed by atoms with Crippen molar-refractivity contribution in [1.29, 1.82) is 0 Å². The molecule has 0 aromatic heterocycles. The first kappa shape index (κ1) is 14.6. The van der Waals surface area contributed by atoms with Crippen LogP contribution in [0.25, 0.3) is 0 Å². The fourth-order valence-corrected chi connectivity index (χ4v) is 1.83. The lowest BCUT2D eigenvalue weighted by Gasteiger charge is -2.04. The maximum absolute atomic E-state index is 10.8. The zero-order chi connectivity index (χ0) is 15.2. The Bertz CT molecular complexity index is 637. The van der Waals surface area contributed by atoms with Crippen molar-refractivity contribution < 1.29 is 9.66 Å². The number of aliphatic imine (C=N–C) groups is 2. The van der Waals surface area contributed by atoms with Gasteiger partial charge in [0.2, 0.25) is 5.90 Å². The van der Waals surface area contributed by atoms with Crippen LogP contribution in [0.5, 0.6) is 0 Å². The Kier molecular flexibility index (Phi) is 4.61. The fraction of sp³-hybridized carbons (Fsp3) is 0.200. The van der Waals surface area contributed by atoms with E-state index in [1.807, 2.05) is 6.92 Å². The molecule has 2 aliphatic rings. The first-order valence-corrected chi connectivity index (χ1v) is 6.44. The molecule has 0 N–H and O–H groups in total. The van der Waals surface area contributed by atoms with Gasteiger partial charge in [0.25, 0.3) is 5.70 Å². The summed E-state index contributed by atoms with van der Waals surface area (Å²) in [7, 11) is 0. The Morgan fingerprint density at radius 1 is 1.62 bits per heavy atom. The third-order valence-electron chi connectivity index (χ3n) is 2.91. The lowest BCUT2D eigenvalue weighted by atomic mass is 10.2. The maximum atomic E-state index is 10.8. The predicted molar refractivity (Wildman–Crippen MR) is 81.7 cm³/mol. The van der Waals surface area contributed by atoms with Gasteiger partial charge in [0.1, 0.15) is 11.8 Å². The van der Waals surface area contributed by atoms with Crippen LogP contribution in [0.3, 0.4) is 0 Å². The normalized spacial score (nSPS) is 23.4. The van der Waals surface area contributed by atoms with Crippen molar-refractivity contribution in [2.75, 3.05) is 0 Å². The summed E-state index contributed by atoms with van der Waals surface area (Å²) in [6, 6.07) is -0.130. The van der Waals surface area contributed by atoms with Crippen LogP contribution >= 0.6 is 0 Å². The molecular weight excluding hydrogens is 270 g/mol. The molecule has 108 valence electrons. The van der Waals surface area contributed by atoms with Gasteiger partial charge in [0.15, 0.2) is 0 Å². The molecule has 0 spiro atoms. The highest BCUT2D eigenvalue weighted by Gasteiger charge is 2.24. The largest absolute Gasteiger partial charge is 0.440 e. The van der Waals surface area contributed by atoms with Crippen molar-refractivity contribution in [3.05, 3.63) is 70.3 Å². The molecule has 0 aromatic rings. The fourth-order valence-electron chi connectivity index (χ4n) is 1.83. The van der Waals surface area contributed by atoms with Crippen LogP contribution in [0.2, 0.25) is 0 Å². The second-order valence-electron chi connectivity index (χ2n) is 4.42. The molecule has 21 heavy (non-hydrogen) atoms. The van der Waals surface area contributed by atoms with E-state index in [0.29, 0.717) is 18.1 Å². The van der Waals surface area contributed by atoms with E-state index in [-0.39, 0.29) is 11.7 Å². The quantitative estimate of drug-likeness (QED) is 0.452. The van der Waals surface area contributed by atoms with Gasteiger partial charge in [-0.2, -0.15) is 0 Å². The third-order valence-corrected chi connectivity index (χ3v) is 2.91. The Morgan fingerprint density at radius 3 is 3.14 bits per heavy atom. The summed E-state index contributed by atoms with van der Waals surface area (Å²) in [5.41, 5.74) is 0.866. The molecule has 1 aliphatic heterocycles. The van der Waals surface area contributed by atoms with Gasteiger partial charge < -0.3 is 4.74 Å². The number of rotatable bonds is 4. The standard InChI is InChI=1S/C15H15N3O3/c1-3-9-16-10-14-11(2)17-15(21-14)12-5-4-6-13(8-7-12)18(19)20/h3-6,8-11H,1,7H2,2H3/b14-10+,16-9?. The van der Waals surface area contributed by atoms with Crippen LogP contribution in [0.15, 0.2) is 70.2 Å². The van der Waals surface area contributed by atoms with Gasteiger partial charge in [-0.25, -0.2) is 4.99 Å². The number of hydrogen-bond acceptors (Lipinski definition) is 5. The second-order valence-corrected chi connectivity index (χ2v) is 4.42. The molecule has 6 heteroatoms. The monoisotopic (exact) mass is 285 g/mol. The summed E-state index contributed by atoms with van der Waals surface area (Å²) in [4.78, 5) is 18.8. The zero-order valence-corrected chi connectivity index (χ0v) is 11.6. The molecule has 1 aliphatic carbocycles. The van der Waals surface area contributed by atoms with Crippen molar-refractivity contribution in [2.24, 2.45) is 9.98 Å². The highest BCUT2D eigenvalue weighted by Crippen LogP contribution is 2.24. The van der Waals surface area contributed by atoms with Gasteiger partial charge in [0, 0.05) is 24.3 Å². The van der Waals surface area contributed by atoms with E-state index in [4.69, 9.17) is 4.74 Å². The van der Waals surface area contributed by atoms with E-state index in [1.54, 1.807) is 36.7 Å². The van der Waals surface area contributed by atoms with Crippen molar-refractivity contribution in [2.45, 2.75) is 19.4 Å². The summed E-state index contributed by atoms with van der Waals surface area (Å²) < 4.78 is 5.67. The molecule has 0 amide bonds. The van der Waals surface area contributed by atoms with E-state index in [0.717, 1.165) is 5.57 Å². The first-order chi connectivity index (χ1) is 10.1. The summed E-state index contributed by atoms with van der Waals surface area (Å²) in [6.45, 7) is 5.43. The number of nitrogens with zero attached hydrogens (tertiary/aromatic N) is 3. The highest BCUT2D eigenvalue weighted by molar-refractivity contribution is 5.96. The van der Waals surface area contributed by atoms with Crippen molar-refractivity contribution in [1.82, 2.24) is 0 Å². The summed E-state index contributed by atoms with van der Waals surface area (Å²) in [5, 5.41) is 10.8. The van der Waals surface area contributed by atoms with Crippen LogP contribution in [0.1, 0.15) is 13.3 Å². The molecule has 0 fully saturated rings. The highest BCUT2D eigenvalue weighted by atomic mass is 16.6. The first-order valence-electron chi connectivity index (χ1n) is 6.44. The summed E-state index contributed by atoms with van der Waals surface area (Å²) in [5.74, 6) is 1.11. The van der Waals surface area contributed by atoms with Gasteiger partial charge >= 0.3 is 0 Å². The molecule has 0 aromatic carbocycles. The van der Waals surface area contributed by atoms with Crippen LogP contribution < -0.4 is 0 Å². The van der Waals surface area contributed by atoms with Crippen LogP contribution in [0, 0.1) is 10.1 Å². The van der Waals surface area contributed by atoms with Crippen molar-refractivity contribution >= 4 is 12.1 Å². The van der Waals surface area contributed by atoms with E-state index in [1.165, 1.54) is 6.08 Å². The number of hydrogen-bond donors (Lipinski definition) is 0. The van der Waals surface area contributed by atoms with Crippen molar-refractivity contribution in [3.63, 3.8) is 0 Å². The molecule has 1 atom stereocenters. The lowest BCUT2D eigenvalue weighted by Crippen LogP contribution is -2.02. The van der Waals surface area contributed by atoms with Gasteiger partial charge in [-0.1, -0.05) is 24.8 Å². The topological polar surface area (TPSA) is 77.1 Å². The van der Waals surface area contributed by atoms with E-state index in [2.05, 4.69) is 16.6 Å². The maximum Gasteiger partial charge on any atom is 0.265 e. The SMILES string of the molecule is C=CC=N/C=C1/OC(C2=CC=CC([N+](=O)[O-])=CC2)=NC1C. The molecule has 0 bridgehead atoms. The van der Waals surface area contributed by atoms with E-state index >= 15 is 0 Å². The Morgan fingerprint density at radius 2 is 2.43 bits per heavy atom. The Balaban J connectivity index is 2.13. The average Bonchev–Trinajstić information content (AvgIpc) is 2.67. The molecule has 2 rings (SSSR count). The second kappa shape index (κ2) is 6.60. The number of nitro groups is 1. The minimum atomic E-state index is -0.414. The number of allylic oxidation sites excluding steroid dienone is 5. The minimum absolute atomic E-state index is 0.0687. The molecule has 1 unspecified atom stereocenters. The molecular formula is C15H15N3O3. The molecule has 0 saturated carbocycles. The predicted octanol–water partition coefficient (Wildman–Crippen LogP) is 2.95. The summed E-state index contributed by atoms with van der Waals surface area (Å²) >= 11 is 0. The minimum Gasteiger partial charge on any atom is -0.440 e. The lowest BCUT2D eigenvalue weighted by molar-refractivity contribution is -0.419. The molecule has 0 radical (unpaired) electrons. The van der Waals surface area contributed by atoms with Gasteiger partial charge in [-0.05, 0) is 13.0 Å². The zero-order valence-electron chi connectivity index (χ0n) is 11.6. The Labute approximate surface area is 122 Å². The van der Waals surface area contributed by atoms with Crippen LogP contribution in [-0.2, 0) is 4.74 Å². The molecule has 1 heterocycles. The van der Waals surface area contributed by atoms with Gasteiger partial charge in [0.05, 0.1) is 11.1 Å². The average molecular weight is 285 g/mol.